The van der Waals surface area contributed by atoms with E-state index in [1.807, 2.05) is 6.07 Å². The highest BCUT2D eigenvalue weighted by Gasteiger charge is 2.18. The Labute approximate surface area is 99.1 Å². The number of hydrogen-bond donors (Lipinski definition) is 2. The molecule has 0 aliphatic carbocycles. The van der Waals surface area contributed by atoms with Crippen molar-refractivity contribution in [3.8, 4) is 11.4 Å². The lowest BCUT2D eigenvalue weighted by molar-refractivity contribution is 0.0683. The number of carboxylic acids is 1. The van der Waals surface area contributed by atoms with Crippen LogP contribution in [0.4, 0.5) is 0 Å². The van der Waals surface area contributed by atoms with Crippen molar-refractivity contribution in [2.24, 2.45) is 0 Å². The van der Waals surface area contributed by atoms with Gasteiger partial charge in [0.25, 0.3) is 0 Å². The van der Waals surface area contributed by atoms with E-state index < -0.39 is 5.97 Å². The van der Waals surface area contributed by atoms with E-state index >= 15 is 0 Å². The highest BCUT2D eigenvalue weighted by atomic mass is 79.9. The molecule has 2 N–H and O–H groups in total. The maximum Gasteiger partial charge on any atom is 0.358 e. The quantitative estimate of drug-likeness (QED) is 0.884. The first-order chi connectivity index (χ1) is 7.59. The van der Waals surface area contributed by atoms with E-state index in [0.29, 0.717) is 5.69 Å². The second-order valence-corrected chi connectivity index (χ2v) is 3.99. The number of nitrogens with zero attached hydrogens (tertiary/aromatic N) is 2. The Bertz CT molecular complexity index is 551. The van der Waals surface area contributed by atoms with Crippen molar-refractivity contribution in [1.82, 2.24) is 9.78 Å². The van der Waals surface area contributed by atoms with Gasteiger partial charge in [-0.05, 0) is 18.2 Å². The molecule has 0 fully saturated rings. The Morgan fingerprint density at radius 3 is 2.81 bits per heavy atom. The minimum atomic E-state index is -1.23. The predicted molar refractivity (Wildman–Crippen MR) is 59.9 cm³/mol. The third-order valence-electron chi connectivity index (χ3n) is 2.01. The van der Waals surface area contributed by atoms with Gasteiger partial charge in [-0.3, -0.25) is 0 Å². The summed E-state index contributed by atoms with van der Waals surface area (Å²) in [6, 6.07) is 6.97. The van der Waals surface area contributed by atoms with E-state index in [1.165, 1.54) is 4.68 Å². The first-order valence-electron chi connectivity index (χ1n) is 4.36. The molecule has 16 heavy (non-hydrogen) atoms. The van der Waals surface area contributed by atoms with Gasteiger partial charge >= 0.3 is 5.97 Å². The summed E-state index contributed by atoms with van der Waals surface area (Å²) in [7, 11) is 0. The van der Waals surface area contributed by atoms with Crippen LogP contribution in [0.15, 0.2) is 34.9 Å². The molecule has 2 aromatic rings. The van der Waals surface area contributed by atoms with Crippen molar-refractivity contribution in [3.63, 3.8) is 0 Å². The molecule has 0 amide bonds. The topological polar surface area (TPSA) is 75.3 Å². The average molecular weight is 283 g/mol. The van der Waals surface area contributed by atoms with Crippen molar-refractivity contribution >= 4 is 21.9 Å². The fourth-order valence-corrected chi connectivity index (χ4v) is 1.73. The highest BCUT2D eigenvalue weighted by Crippen LogP contribution is 2.22. The summed E-state index contributed by atoms with van der Waals surface area (Å²) in [5.41, 5.74) is 0.310. The van der Waals surface area contributed by atoms with Crippen molar-refractivity contribution in [1.29, 1.82) is 0 Å². The molecule has 0 saturated carbocycles. The van der Waals surface area contributed by atoms with Crippen molar-refractivity contribution in [2.45, 2.75) is 0 Å². The molecular weight excluding hydrogens is 276 g/mol. The molecule has 1 aromatic carbocycles. The van der Waals surface area contributed by atoms with E-state index in [2.05, 4.69) is 21.0 Å². The number of hydrogen-bond acceptors (Lipinski definition) is 3. The van der Waals surface area contributed by atoms with Gasteiger partial charge < -0.3 is 10.2 Å². The summed E-state index contributed by atoms with van der Waals surface area (Å²) in [6.45, 7) is 0. The zero-order chi connectivity index (χ0) is 11.7. The van der Waals surface area contributed by atoms with Crippen LogP contribution in [0, 0.1) is 0 Å². The number of carboxylic acid groups (broad SMARTS) is 1. The second-order valence-electron chi connectivity index (χ2n) is 3.08. The Hall–Kier alpha value is -1.82. The van der Waals surface area contributed by atoms with Crippen LogP contribution in [0.3, 0.4) is 0 Å². The molecule has 0 saturated heterocycles. The highest BCUT2D eigenvalue weighted by molar-refractivity contribution is 9.10. The number of halogens is 1. The normalized spacial score (nSPS) is 10.3. The van der Waals surface area contributed by atoms with Crippen LogP contribution in [0.5, 0.6) is 5.75 Å². The summed E-state index contributed by atoms with van der Waals surface area (Å²) in [6.07, 6.45) is 1.10. The monoisotopic (exact) mass is 282 g/mol. The number of aromatic carboxylic acids is 1. The van der Waals surface area contributed by atoms with Gasteiger partial charge in [0, 0.05) is 4.47 Å². The summed E-state index contributed by atoms with van der Waals surface area (Å²) in [5.74, 6) is -1.58. The molecule has 0 aliphatic rings. The summed E-state index contributed by atoms with van der Waals surface area (Å²) < 4.78 is 1.97. The van der Waals surface area contributed by atoms with Crippen LogP contribution in [-0.2, 0) is 0 Å². The first-order valence-corrected chi connectivity index (χ1v) is 5.15. The molecule has 0 atom stereocenters. The lowest BCUT2D eigenvalue weighted by Gasteiger charge is -2.04. The SMILES string of the molecule is O=C(O)c1c(O)cnn1-c1cccc(Br)c1. The van der Waals surface area contributed by atoms with E-state index in [0.717, 1.165) is 10.7 Å². The Balaban J connectivity index is 2.60. The molecule has 0 radical (unpaired) electrons. The number of aromatic hydroxyl groups is 1. The van der Waals surface area contributed by atoms with Gasteiger partial charge in [0.1, 0.15) is 0 Å². The number of rotatable bonds is 2. The fraction of sp³-hybridized carbons (Fsp3) is 0. The van der Waals surface area contributed by atoms with Crippen LogP contribution in [0.25, 0.3) is 5.69 Å². The third-order valence-corrected chi connectivity index (χ3v) is 2.50. The number of benzene rings is 1. The molecule has 2 rings (SSSR count). The lowest BCUT2D eigenvalue weighted by Crippen LogP contribution is -2.08. The molecule has 0 bridgehead atoms. The largest absolute Gasteiger partial charge is 0.504 e. The third kappa shape index (κ3) is 1.79. The zero-order valence-corrected chi connectivity index (χ0v) is 9.55. The van der Waals surface area contributed by atoms with Crippen LogP contribution in [0.1, 0.15) is 10.5 Å². The van der Waals surface area contributed by atoms with E-state index in [-0.39, 0.29) is 11.4 Å². The van der Waals surface area contributed by atoms with Crippen LogP contribution in [-0.4, -0.2) is 26.0 Å². The molecule has 82 valence electrons. The smallest absolute Gasteiger partial charge is 0.358 e. The molecule has 1 aromatic heterocycles. The van der Waals surface area contributed by atoms with Crippen LogP contribution in [0.2, 0.25) is 0 Å². The molecule has 0 unspecified atom stereocenters. The Morgan fingerprint density at radius 2 is 2.19 bits per heavy atom. The maximum absolute atomic E-state index is 10.9. The summed E-state index contributed by atoms with van der Waals surface area (Å²) in [4.78, 5) is 10.9. The first kappa shape index (κ1) is 10.7. The van der Waals surface area contributed by atoms with Gasteiger partial charge in [-0.25, -0.2) is 9.48 Å². The standard InChI is InChI=1S/C10H7BrN2O3/c11-6-2-1-3-7(4-6)13-9(10(15)16)8(14)5-12-13/h1-5,14H,(H,15,16). The number of carbonyl (C=O) groups is 1. The minimum Gasteiger partial charge on any atom is -0.504 e. The van der Waals surface area contributed by atoms with Gasteiger partial charge in [-0.15, -0.1) is 0 Å². The Kier molecular flexibility index (Phi) is 2.66. The minimum absolute atomic E-state index is 0.252. The molecule has 0 aliphatic heterocycles. The van der Waals surface area contributed by atoms with Crippen LogP contribution < -0.4 is 0 Å². The van der Waals surface area contributed by atoms with Crippen molar-refractivity contribution < 1.29 is 15.0 Å². The van der Waals surface area contributed by atoms with E-state index in [4.69, 9.17) is 5.11 Å². The maximum atomic E-state index is 10.9. The predicted octanol–water partition coefficient (Wildman–Crippen LogP) is 2.04. The van der Waals surface area contributed by atoms with E-state index in [1.54, 1.807) is 18.2 Å². The fourth-order valence-electron chi connectivity index (χ4n) is 1.34. The zero-order valence-electron chi connectivity index (χ0n) is 7.96. The Morgan fingerprint density at radius 1 is 1.44 bits per heavy atom. The van der Waals surface area contributed by atoms with Crippen LogP contribution >= 0.6 is 15.9 Å². The lowest BCUT2D eigenvalue weighted by atomic mass is 10.3. The van der Waals surface area contributed by atoms with Gasteiger partial charge in [-0.1, -0.05) is 22.0 Å². The van der Waals surface area contributed by atoms with Crippen molar-refractivity contribution in [3.05, 3.63) is 40.6 Å². The molecule has 6 heteroatoms. The number of aromatic nitrogens is 2. The van der Waals surface area contributed by atoms with Crippen molar-refractivity contribution in [2.75, 3.05) is 0 Å². The van der Waals surface area contributed by atoms with Gasteiger partial charge in [-0.2, -0.15) is 5.10 Å². The second kappa shape index (κ2) is 3.97. The molecular formula is C10H7BrN2O3. The molecule has 1 heterocycles. The summed E-state index contributed by atoms with van der Waals surface area (Å²) >= 11 is 3.28. The molecule has 0 spiro atoms. The molecule has 5 nitrogen and oxygen atoms in total. The van der Waals surface area contributed by atoms with Gasteiger partial charge in [0.05, 0.1) is 11.9 Å². The van der Waals surface area contributed by atoms with E-state index in [9.17, 15) is 9.90 Å². The summed E-state index contributed by atoms with van der Waals surface area (Å²) in [5, 5.41) is 22.1. The van der Waals surface area contributed by atoms with Gasteiger partial charge in [0.15, 0.2) is 11.4 Å². The average Bonchev–Trinajstić information content (AvgIpc) is 2.60. The van der Waals surface area contributed by atoms with Gasteiger partial charge in [0.2, 0.25) is 0 Å².